The molecule has 212 valence electrons. The summed E-state index contributed by atoms with van der Waals surface area (Å²) in [7, 11) is 0. The van der Waals surface area contributed by atoms with Gasteiger partial charge in [-0.05, 0) is 53.5 Å². The Morgan fingerprint density at radius 2 is 0.600 bits per heavy atom. The Balaban J connectivity index is 4.48. The lowest BCUT2D eigenvalue weighted by atomic mass is 9.85. The van der Waals surface area contributed by atoms with E-state index in [0.717, 1.165) is 0 Å². The lowest BCUT2D eigenvalue weighted by Crippen LogP contribution is -2.55. The number of hydrogen-bond donors (Lipinski definition) is 0. The van der Waals surface area contributed by atoms with Crippen molar-refractivity contribution in [2.45, 2.75) is 214 Å². The molecule has 35 heavy (non-hydrogen) atoms. The predicted molar refractivity (Wildman–Crippen MR) is 163 cm³/mol. The fourth-order valence-corrected chi connectivity index (χ4v) is 6.13. The first kappa shape index (κ1) is 35.0. The Morgan fingerprint density at radius 3 is 0.914 bits per heavy atom. The van der Waals surface area contributed by atoms with Crippen molar-refractivity contribution < 1.29 is 0 Å². The molecular formula is C34H71N. The molecule has 0 aliphatic carbocycles. The molecule has 0 aromatic carbocycles. The van der Waals surface area contributed by atoms with Gasteiger partial charge in [0.15, 0.2) is 0 Å². The number of nitrogens with zero attached hydrogens (tertiary/aromatic N) is 1. The van der Waals surface area contributed by atoms with Gasteiger partial charge < -0.3 is 0 Å². The summed E-state index contributed by atoms with van der Waals surface area (Å²) in [5, 5.41) is 0. The molecule has 1 heteroatoms. The predicted octanol–water partition coefficient (Wildman–Crippen LogP) is 12.3. The number of hydrogen-bond acceptors (Lipinski definition) is 1. The van der Waals surface area contributed by atoms with E-state index in [2.05, 4.69) is 53.4 Å². The molecule has 0 rings (SSSR count). The molecule has 0 atom stereocenters. The summed E-state index contributed by atoms with van der Waals surface area (Å²) >= 11 is 0. The lowest BCUT2D eigenvalue weighted by molar-refractivity contribution is 0.00154. The molecule has 0 aliphatic rings. The van der Waals surface area contributed by atoms with Crippen molar-refractivity contribution in [2.24, 2.45) is 0 Å². The van der Waals surface area contributed by atoms with Crippen molar-refractivity contribution >= 4 is 0 Å². The highest BCUT2D eigenvalue weighted by molar-refractivity contribution is 4.92. The summed E-state index contributed by atoms with van der Waals surface area (Å²) in [6, 6.07) is 0. The molecule has 0 amide bonds. The summed E-state index contributed by atoms with van der Waals surface area (Å²) in [6.07, 6.45) is 34.0. The SMILES string of the molecule is CCCCCCCCCCCC(C)(C)N(CCCCCC)C(C)(C)CCCCCCCCCCC. The molecule has 0 saturated heterocycles. The van der Waals surface area contributed by atoms with E-state index >= 15 is 0 Å². The van der Waals surface area contributed by atoms with Gasteiger partial charge >= 0.3 is 0 Å². The van der Waals surface area contributed by atoms with Crippen LogP contribution in [0.5, 0.6) is 0 Å². The van der Waals surface area contributed by atoms with E-state index < -0.39 is 0 Å². The van der Waals surface area contributed by atoms with E-state index in [-0.39, 0.29) is 0 Å². The Morgan fingerprint density at radius 1 is 0.343 bits per heavy atom. The second-order valence-electron chi connectivity index (χ2n) is 13.0. The molecule has 0 bridgehead atoms. The highest BCUT2D eigenvalue weighted by atomic mass is 15.2. The van der Waals surface area contributed by atoms with Gasteiger partial charge in [-0.25, -0.2) is 0 Å². The zero-order chi connectivity index (χ0) is 26.3. The Kier molecular flexibility index (Phi) is 23.1. The summed E-state index contributed by atoms with van der Waals surface area (Å²) in [6.45, 7) is 18.4. The smallest absolute Gasteiger partial charge is 0.0158 e. The van der Waals surface area contributed by atoms with Crippen LogP contribution in [0.3, 0.4) is 0 Å². The number of unbranched alkanes of at least 4 members (excludes halogenated alkanes) is 19. The summed E-state index contributed by atoms with van der Waals surface area (Å²) in [5.41, 5.74) is 0.631. The van der Waals surface area contributed by atoms with Gasteiger partial charge in [0, 0.05) is 11.1 Å². The molecule has 0 radical (unpaired) electrons. The molecule has 0 saturated carbocycles. The minimum atomic E-state index is 0.316. The third-order valence-corrected chi connectivity index (χ3v) is 8.48. The van der Waals surface area contributed by atoms with Crippen molar-refractivity contribution in [3.05, 3.63) is 0 Å². The van der Waals surface area contributed by atoms with E-state index in [0.29, 0.717) is 11.1 Å². The molecule has 0 aliphatic heterocycles. The van der Waals surface area contributed by atoms with E-state index in [4.69, 9.17) is 0 Å². The third-order valence-electron chi connectivity index (χ3n) is 8.48. The molecular weight excluding hydrogens is 422 g/mol. The molecule has 0 aromatic rings. The molecule has 1 nitrogen and oxygen atoms in total. The quantitative estimate of drug-likeness (QED) is 0.103. The largest absolute Gasteiger partial charge is 0.293 e. The van der Waals surface area contributed by atoms with E-state index in [9.17, 15) is 0 Å². The van der Waals surface area contributed by atoms with Crippen LogP contribution in [0.1, 0.15) is 203 Å². The minimum Gasteiger partial charge on any atom is -0.293 e. The first-order valence-electron chi connectivity index (χ1n) is 16.6. The first-order chi connectivity index (χ1) is 16.8. The van der Waals surface area contributed by atoms with Gasteiger partial charge in [0.05, 0.1) is 0 Å². The zero-order valence-corrected chi connectivity index (χ0v) is 26.1. The minimum absolute atomic E-state index is 0.316. The standard InChI is InChI=1S/C34H71N/c1-8-11-14-17-19-21-23-25-27-30-33(4,5)35(32-29-16-13-10-3)34(6,7)31-28-26-24-22-20-18-15-12-9-2/h8-32H2,1-7H3. The Bertz CT molecular complexity index is 390. The highest BCUT2D eigenvalue weighted by Crippen LogP contribution is 2.34. The van der Waals surface area contributed by atoms with E-state index in [1.165, 1.54) is 161 Å². The Labute approximate surface area is 225 Å². The molecule has 0 heterocycles. The van der Waals surface area contributed by atoms with Gasteiger partial charge in [0.1, 0.15) is 0 Å². The average molecular weight is 494 g/mol. The van der Waals surface area contributed by atoms with Crippen LogP contribution in [-0.4, -0.2) is 22.5 Å². The van der Waals surface area contributed by atoms with Crippen LogP contribution in [-0.2, 0) is 0 Å². The van der Waals surface area contributed by atoms with Crippen LogP contribution in [0.15, 0.2) is 0 Å². The van der Waals surface area contributed by atoms with Crippen molar-refractivity contribution in [3.8, 4) is 0 Å². The van der Waals surface area contributed by atoms with Crippen molar-refractivity contribution in [2.75, 3.05) is 6.54 Å². The Hall–Kier alpha value is -0.0400. The van der Waals surface area contributed by atoms with E-state index in [1.54, 1.807) is 0 Å². The molecule has 0 aromatic heterocycles. The van der Waals surface area contributed by atoms with Gasteiger partial charge in [-0.1, -0.05) is 156 Å². The van der Waals surface area contributed by atoms with Crippen LogP contribution >= 0.6 is 0 Å². The van der Waals surface area contributed by atoms with Crippen molar-refractivity contribution in [3.63, 3.8) is 0 Å². The monoisotopic (exact) mass is 494 g/mol. The second kappa shape index (κ2) is 23.1. The lowest BCUT2D eigenvalue weighted by Gasteiger charge is -2.49. The van der Waals surface area contributed by atoms with Gasteiger partial charge in [0.25, 0.3) is 0 Å². The highest BCUT2D eigenvalue weighted by Gasteiger charge is 2.36. The second-order valence-corrected chi connectivity index (χ2v) is 13.0. The third kappa shape index (κ3) is 19.7. The zero-order valence-electron chi connectivity index (χ0n) is 26.1. The van der Waals surface area contributed by atoms with Crippen molar-refractivity contribution in [1.82, 2.24) is 4.90 Å². The normalized spacial score (nSPS) is 12.7. The molecule has 0 N–H and O–H groups in total. The first-order valence-corrected chi connectivity index (χ1v) is 16.6. The number of rotatable bonds is 27. The average Bonchev–Trinajstić information content (AvgIpc) is 2.81. The maximum absolute atomic E-state index is 2.94. The topological polar surface area (TPSA) is 3.24 Å². The summed E-state index contributed by atoms with van der Waals surface area (Å²) in [4.78, 5) is 2.94. The fraction of sp³-hybridized carbons (Fsp3) is 1.00. The van der Waals surface area contributed by atoms with Gasteiger partial charge in [0.2, 0.25) is 0 Å². The van der Waals surface area contributed by atoms with Crippen LogP contribution in [0, 0.1) is 0 Å². The maximum Gasteiger partial charge on any atom is 0.0158 e. The van der Waals surface area contributed by atoms with Crippen LogP contribution in [0.4, 0.5) is 0 Å². The van der Waals surface area contributed by atoms with Crippen LogP contribution in [0.25, 0.3) is 0 Å². The van der Waals surface area contributed by atoms with Gasteiger partial charge in [-0.15, -0.1) is 0 Å². The molecule has 0 spiro atoms. The van der Waals surface area contributed by atoms with Gasteiger partial charge in [-0.3, -0.25) is 4.90 Å². The van der Waals surface area contributed by atoms with E-state index in [1.807, 2.05) is 0 Å². The van der Waals surface area contributed by atoms with Gasteiger partial charge in [-0.2, -0.15) is 0 Å². The summed E-state index contributed by atoms with van der Waals surface area (Å²) < 4.78 is 0. The van der Waals surface area contributed by atoms with Crippen LogP contribution in [0.2, 0.25) is 0 Å². The fourth-order valence-electron chi connectivity index (χ4n) is 6.13. The maximum atomic E-state index is 2.94. The van der Waals surface area contributed by atoms with Crippen molar-refractivity contribution in [1.29, 1.82) is 0 Å². The van der Waals surface area contributed by atoms with Crippen LogP contribution < -0.4 is 0 Å². The molecule has 0 fully saturated rings. The molecule has 0 unspecified atom stereocenters. The summed E-state index contributed by atoms with van der Waals surface area (Å²) in [5.74, 6) is 0.